The highest BCUT2D eigenvalue weighted by Crippen LogP contribution is 2.15. The Hall–Kier alpha value is -0.0931. The quantitative estimate of drug-likeness (QED) is 0.543. The number of rotatable bonds is 1. The first kappa shape index (κ1) is 15.4. The molecule has 0 bridgehead atoms. The number of alkyl halides is 3. The molecule has 0 radical (unpaired) electrons. The fourth-order valence-electron chi connectivity index (χ4n) is 0.411. The van der Waals surface area contributed by atoms with Crippen LogP contribution in [-0.4, -0.2) is 27.0 Å². The molecule has 0 aromatic carbocycles. The van der Waals surface area contributed by atoms with Crippen molar-refractivity contribution in [3.05, 3.63) is 0 Å². The SMILES string of the molecule is C[PH3+].C[Si](C)(C)NC(=O)C(F)(F)F. The van der Waals surface area contributed by atoms with E-state index in [2.05, 4.69) is 0 Å². The van der Waals surface area contributed by atoms with Crippen LogP contribution in [0.25, 0.3) is 0 Å². The molecule has 1 amide bonds. The first-order valence-corrected chi connectivity index (χ1v) is 8.64. The average molecular weight is 234 g/mol. The Morgan fingerprint density at radius 2 is 1.54 bits per heavy atom. The van der Waals surface area contributed by atoms with Crippen LogP contribution in [0.4, 0.5) is 13.2 Å². The summed E-state index contributed by atoms with van der Waals surface area (Å²) < 4.78 is 34.8. The number of amides is 1. The van der Waals surface area contributed by atoms with Crippen LogP contribution < -0.4 is 4.98 Å². The minimum Gasteiger partial charge on any atom is -0.375 e. The van der Waals surface area contributed by atoms with Crippen molar-refractivity contribution in [3.8, 4) is 0 Å². The van der Waals surface area contributed by atoms with Crippen LogP contribution >= 0.6 is 9.24 Å². The number of halogens is 3. The van der Waals surface area contributed by atoms with Crippen LogP contribution in [0.3, 0.4) is 0 Å². The first-order chi connectivity index (χ1) is 5.63. The summed E-state index contributed by atoms with van der Waals surface area (Å²) in [5.74, 6) is -1.84. The summed E-state index contributed by atoms with van der Waals surface area (Å²) in [7, 11) is -0.289. The predicted octanol–water partition coefficient (Wildman–Crippen LogP) is 1.72. The monoisotopic (exact) mass is 234 g/mol. The molecule has 0 spiro atoms. The molecule has 0 aliphatic rings. The van der Waals surface area contributed by atoms with Crippen molar-refractivity contribution in [1.29, 1.82) is 0 Å². The smallest absolute Gasteiger partial charge is 0.375 e. The van der Waals surface area contributed by atoms with Crippen LogP contribution in [-0.2, 0) is 4.79 Å². The van der Waals surface area contributed by atoms with E-state index >= 15 is 0 Å². The number of carbonyl (C=O) groups excluding carboxylic acids is 1. The standard InChI is InChI=1S/C5H10F3NOSi.CH5P/c1-11(2,3)9-4(10)5(6,7)8;1-2/h1-3H3,(H,9,10);2H2,1H3/p+1. The molecule has 0 saturated heterocycles. The number of nitrogens with one attached hydrogen (secondary N) is 1. The average Bonchev–Trinajstić information content (AvgIpc) is 1.86. The van der Waals surface area contributed by atoms with E-state index in [1.54, 1.807) is 19.6 Å². The zero-order chi connectivity index (χ0) is 11.3. The maximum Gasteiger partial charge on any atom is 0.470 e. The fraction of sp³-hybridized carbons (Fsp3) is 0.833. The van der Waals surface area contributed by atoms with E-state index in [-0.39, 0.29) is 0 Å². The molecule has 1 N–H and O–H groups in total. The van der Waals surface area contributed by atoms with E-state index in [1.807, 2.05) is 20.9 Å². The molecule has 0 aliphatic carbocycles. The van der Waals surface area contributed by atoms with Gasteiger partial charge in [-0.15, -0.1) is 0 Å². The van der Waals surface area contributed by atoms with E-state index in [9.17, 15) is 18.0 Å². The van der Waals surface area contributed by atoms with Crippen molar-refractivity contribution in [3.63, 3.8) is 0 Å². The van der Waals surface area contributed by atoms with E-state index in [4.69, 9.17) is 0 Å². The van der Waals surface area contributed by atoms with Gasteiger partial charge in [0, 0.05) is 6.66 Å². The summed E-state index contributed by atoms with van der Waals surface area (Å²) >= 11 is 0. The highest BCUT2D eigenvalue weighted by molar-refractivity contribution is 7.15. The summed E-state index contributed by atoms with van der Waals surface area (Å²) in [6.45, 7) is 6.89. The van der Waals surface area contributed by atoms with Crippen molar-refractivity contribution in [1.82, 2.24) is 4.98 Å². The maximum absolute atomic E-state index is 11.6. The van der Waals surface area contributed by atoms with Gasteiger partial charge < -0.3 is 4.98 Å². The molecule has 0 aromatic heterocycles. The molecule has 1 atom stereocenters. The normalized spacial score (nSPS) is 11.6. The predicted molar refractivity (Wildman–Crippen MR) is 54.6 cm³/mol. The number of carbonyl (C=O) groups is 1. The molecule has 0 saturated carbocycles. The van der Waals surface area contributed by atoms with E-state index in [0.29, 0.717) is 0 Å². The molecule has 80 valence electrons. The first-order valence-electron chi connectivity index (χ1n) is 3.73. The van der Waals surface area contributed by atoms with Gasteiger partial charge in [0.05, 0.1) is 0 Å². The molecule has 13 heavy (non-hydrogen) atoms. The minimum absolute atomic E-state index is 1.62. The zero-order valence-corrected chi connectivity index (χ0v) is 10.7. The molecule has 2 nitrogen and oxygen atoms in total. The number of hydrogen-bond acceptors (Lipinski definition) is 1. The van der Waals surface area contributed by atoms with Gasteiger partial charge in [-0.05, 0) is 9.24 Å². The summed E-state index contributed by atoms with van der Waals surface area (Å²) in [6.07, 6.45) is -4.75. The molecule has 0 rings (SSSR count). The second-order valence-electron chi connectivity index (χ2n) is 3.20. The Morgan fingerprint density at radius 3 is 1.62 bits per heavy atom. The second-order valence-corrected chi connectivity index (χ2v) is 7.95. The summed E-state index contributed by atoms with van der Waals surface area (Å²) in [4.78, 5) is 12.2. The van der Waals surface area contributed by atoms with Crippen molar-refractivity contribution in [2.24, 2.45) is 0 Å². The highest BCUT2D eigenvalue weighted by Gasteiger charge is 2.40. The highest BCUT2D eigenvalue weighted by atomic mass is 31.0. The van der Waals surface area contributed by atoms with Gasteiger partial charge in [0.2, 0.25) is 0 Å². The molecule has 0 aromatic rings. The minimum atomic E-state index is -4.75. The van der Waals surface area contributed by atoms with Gasteiger partial charge in [-0.2, -0.15) is 13.2 Å². The van der Waals surface area contributed by atoms with Crippen LogP contribution in [0.2, 0.25) is 19.6 Å². The third-order valence-electron chi connectivity index (χ3n) is 0.746. The third-order valence-corrected chi connectivity index (χ3v) is 1.72. The number of hydrogen-bond donors (Lipinski definition) is 1. The van der Waals surface area contributed by atoms with Crippen LogP contribution in [0.5, 0.6) is 0 Å². The lowest BCUT2D eigenvalue weighted by molar-refractivity contribution is -0.171. The van der Waals surface area contributed by atoms with Gasteiger partial charge in [0.1, 0.15) is 8.24 Å². The van der Waals surface area contributed by atoms with E-state index < -0.39 is 20.3 Å². The van der Waals surface area contributed by atoms with E-state index in [0.717, 1.165) is 0 Å². The molecular weight excluding hydrogens is 218 g/mol. The van der Waals surface area contributed by atoms with Crippen LogP contribution in [0.15, 0.2) is 0 Å². The summed E-state index contributed by atoms with van der Waals surface area (Å²) in [5, 5.41) is 0. The fourth-order valence-corrected chi connectivity index (χ4v) is 1.23. The van der Waals surface area contributed by atoms with Crippen molar-refractivity contribution >= 4 is 23.4 Å². The maximum atomic E-state index is 11.6. The van der Waals surface area contributed by atoms with Crippen molar-refractivity contribution in [2.75, 3.05) is 6.66 Å². The van der Waals surface area contributed by atoms with Gasteiger partial charge >= 0.3 is 12.1 Å². The molecule has 0 aliphatic heterocycles. The van der Waals surface area contributed by atoms with Crippen molar-refractivity contribution < 1.29 is 18.0 Å². The lowest BCUT2D eigenvalue weighted by Crippen LogP contribution is -2.50. The zero-order valence-electron chi connectivity index (χ0n) is 8.25. The largest absolute Gasteiger partial charge is 0.470 e. The Morgan fingerprint density at radius 1 is 1.23 bits per heavy atom. The Labute approximate surface area is 79.6 Å². The molecule has 0 fully saturated rings. The van der Waals surface area contributed by atoms with E-state index in [1.165, 1.54) is 0 Å². The van der Waals surface area contributed by atoms with Gasteiger partial charge in [-0.3, -0.25) is 4.79 Å². The van der Waals surface area contributed by atoms with Gasteiger partial charge in [0.15, 0.2) is 0 Å². The van der Waals surface area contributed by atoms with Gasteiger partial charge in [-0.1, -0.05) is 19.6 Å². The van der Waals surface area contributed by atoms with Crippen LogP contribution in [0, 0.1) is 0 Å². The lowest BCUT2D eigenvalue weighted by Gasteiger charge is -2.18. The molecular formula is C6H16F3NOPSi+. The topological polar surface area (TPSA) is 29.1 Å². The van der Waals surface area contributed by atoms with Crippen LogP contribution in [0.1, 0.15) is 0 Å². The Balaban J connectivity index is 0. The Bertz CT molecular complexity index is 166. The summed E-state index contributed by atoms with van der Waals surface area (Å²) in [5.41, 5.74) is 0. The lowest BCUT2D eigenvalue weighted by atomic mass is 10.6. The third kappa shape index (κ3) is 9.82. The van der Waals surface area contributed by atoms with Gasteiger partial charge in [-0.25, -0.2) is 0 Å². The van der Waals surface area contributed by atoms with Gasteiger partial charge in [0.25, 0.3) is 0 Å². The Kier molecular flexibility index (Phi) is 6.62. The van der Waals surface area contributed by atoms with Crippen molar-refractivity contribution in [2.45, 2.75) is 25.8 Å². The second kappa shape index (κ2) is 5.60. The molecule has 0 heterocycles. The molecule has 1 unspecified atom stereocenters. The molecule has 7 heteroatoms. The summed E-state index contributed by atoms with van der Waals surface area (Å²) in [6, 6.07) is 0.